The molecule has 1 aliphatic carbocycles. The van der Waals surface area contributed by atoms with Crippen molar-refractivity contribution in [3.63, 3.8) is 0 Å². The second kappa shape index (κ2) is 6.24. The molecule has 0 radical (unpaired) electrons. The van der Waals surface area contributed by atoms with E-state index in [1.807, 2.05) is 0 Å². The Balaban J connectivity index is 1.85. The molecule has 0 saturated heterocycles. The van der Waals surface area contributed by atoms with E-state index < -0.39 is 18.1 Å². The zero-order valence-electron chi connectivity index (χ0n) is 11.4. The van der Waals surface area contributed by atoms with E-state index >= 15 is 0 Å². The molecule has 21 heavy (non-hydrogen) atoms. The quantitative estimate of drug-likeness (QED) is 0.796. The lowest BCUT2D eigenvalue weighted by Gasteiger charge is -2.30. The number of hydrogen-bond donors (Lipinski definition) is 3. The van der Waals surface area contributed by atoms with Crippen LogP contribution in [-0.4, -0.2) is 18.2 Å². The van der Waals surface area contributed by atoms with Crippen molar-refractivity contribution in [2.24, 2.45) is 11.7 Å². The van der Waals surface area contributed by atoms with Crippen LogP contribution >= 0.6 is 0 Å². The number of carbonyl (C=O) groups excluding carboxylic acids is 1. The molecule has 0 spiro atoms. The molecule has 0 bridgehead atoms. The maximum absolute atomic E-state index is 12.6. The predicted octanol–water partition coefficient (Wildman–Crippen LogP) is 3.71. The second-order valence-corrected chi connectivity index (χ2v) is 5.30. The Morgan fingerprint density at radius 2 is 1.57 bits per heavy atom. The summed E-state index contributed by atoms with van der Waals surface area (Å²) in [6.45, 7) is 0. The fourth-order valence-corrected chi connectivity index (χ4v) is 2.59. The van der Waals surface area contributed by atoms with E-state index in [9.17, 15) is 18.0 Å². The second-order valence-electron chi connectivity index (χ2n) is 5.30. The summed E-state index contributed by atoms with van der Waals surface area (Å²) in [6, 6.07) is 6.32. The van der Waals surface area contributed by atoms with Crippen LogP contribution in [0.15, 0.2) is 24.3 Å². The fraction of sp³-hybridized carbons (Fsp3) is 0.500. The number of halogens is 3. The average molecular weight is 301 g/mol. The summed E-state index contributed by atoms with van der Waals surface area (Å²) < 4.78 is 37.7. The van der Waals surface area contributed by atoms with Gasteiger partial charge in [-0.3, -0.25) is 0 Å². The van der Waals surface area contributed by atoms with Crippen LogP contribution in [-0.2, 0) is 0 Å². The van der Waals surface area contributed by atoms with E-state index in [4.69, 9.17) is 5.73 Å². The molecule has 7 heteroatoms. The highest BCUT2D eigenvalue weighted by Crippen LogP contribution is 2.38. The number of rotatable bonds is 3. The highest BCUT2D eigenvalue weighted by atomic mass is 19.4. The van der Waals surface area contributed by atoms with E-state index in [-0.39, 0.29) is 18.9 Å². The zero-order chi connectivity index (χ0) is 15.5. The third-order valence-corrected chi connectivity index (χ3v) is 3.71. The molecule has 2 amide bonds. The molecule has 1 aromatic carbocycles. The lowest BCUT2D eigenvalue weighted by molar-refractivity contribution is -0.182. The van der Waals surface area contributed by atoms with Crippen molar-refractivity contribution in [1.82, 2.24) is 0 Å². The monoisotopic (exact) mass is 301 g/mol. The summed E-state index contributed by atoms with van der Waals surface area (Å²) in [5.41, 5.74) is 6.40. The zero-order valence-corrected chi connectivity index (χ0v) is 11.4. The summed E-state index contributed by atoms with van der Waals surface area (Å²) in [5.74, 6) is -1.17. The van der Waals surface area contributed by atoms with Crippen LogP contribution in [0.1, 0.15) is 25.7 Å². The standard InChI is InChI=1S/C14H18F3N3O/c15-14(16,17)9-1-3-10(4-2-9)19-11-5-7-12(8-6-11)20-13(18)21/h5-10,19H,1-4H2,(H3,18,20,21). The van der Waals surface area contributed by atoms with Crippen molar-refractivity contribution in [3.05, 3.63) is 24.3 Å². The Hall–Kier alpha value is -1.92. The minimum Gasteiger partial charge on any atom is -0.382 e. The SMILES string of the molecule is NC(=O)Nc1ccc(NC2CCC(C(F)(F)F)CC2)cc1. The van der Waals surface area contributed by atoms with Gasteiger partial charge in [0.25, 0.3) is 0 Å². The van der Waals surface area contributed by atoms with Gasteiger partial charge in [0.05, 0.1) is 5.92 Å². The molecule has 4 N–H and O–H groups in total. The molecule has 0 atom stereocenters. The molecule has 0 aliphatic heterocycles. The van der Waals surface area contributed by atoms with Gasteiger partial charge in [0.2, 0.25) is 0 Å². The van der Waals surface area contributed by atoms with Gasteiger partial charge >= 0.3 is 12.2 Å². The summed E-state index contributed by atoms with van der Waals surface area (Å²) >= 11 is 0. The number of carbonyl (C=O) groups is 1. The first-order valence-electron chi connectivity index (χ1n) is 6.84. The lowest BCUT2D eigenvalue weighted by Crippen LogP contribution is -2.32. The lowest BCUT2D eigenvalue weighted by atomic mass is 9.85. The van der Waals surface area contributed by atoms with E-state index in [1.165, 1.54) is 0 Å². The Kier molecular flexibility index (Phi) is 4.59. The van der Waals surface area contributed by atoms with Crippen LogP contribution in [0.2, 0.25) is 0 Å². The molecule has 4 nitrogen and oxygen atoms in total. The van der Waals surface area contributed by atoms with Crippen LogP contribution in [0.4, 0.5) is 29.3 Å². The van der Waals surface area contributed by atoms with Crippen LogP contribution in [0.25, 0.3) is 0 Å². The summed E-state index contributed by atoms with van der Waals surface area (Å²) in [5, 5.41) is 5.67. The molecule has 0 heterocycles. The number of anilines is 2. The van der Waals surface area contributed by atoms with Crippen molar-refractivity contribution in [3.8, 4) is 0 Å². The summed E-state index contributed by atoms with van der Waals surface area (Å²) in [7, 11) is 0. The van der Waals surface area contributed by atoms with Gasteiger partial charge < -0.3 is 16.4 Å². The maximum Gasteiger partial charge on any atom is 0.391 e. The molecule has 0 unspecified atom stereocenters. The number of hydrogen-bond acceptors (Lipinski definition) is 2. The average Bonchev–Trinajstić information content (AvgIpc) is 2.40. The van der Waals surface area contributed by atoms with Crippen molar-refractivity contribution in [2.45, 2.75) is 37.9 Å². The highest BCUT2D eigenvalue weighted by molar-refractivity contribution is 5.87. The minimum atomic E-state index is -4.08. The number of primary amides is 1. The van der Waals surface area contributed by atoms with Crippen molar-refractivity contribution >= 4 is 17.4 Å². The van der Waals surface area contributed by atoms with Gasteiger partial charge in [-0.15, -0.1) is 0 Å². The van der Waals surface area contributed by atoms with Gasteiger partial charge in [-0.1, -0.05) is 0 Å². The number of alkyl halides is 3. The Labute approximate surface area is 120 Å². The van der Waals surface area contributed by atoms with Crippen molar-refractivity contribution < 1.29 is 18.0 Å². The Morgan fingerprint density at radius 3 is 2.05 bits per heavy atom. The van der Waals surface area contributed by atoms with Crippen LogP contribution < -0.4 is 16.4 Å². The van der Waals surface area contributed by atoms with Crippen molar-refractivity contribution in [2.75, 3.05) is 10.6 Å². The van der Waals surface area contributed by atoms with Gasteiger partial charge in [0.1, 0.15) is 0 Å². The van der Waals surface area contributed by atoms with Gasteiger partial charge in [-0.2, -0.15) is 13.2 Å². The molecule has 1 aliphatic rings. The first-order valence-corrected chi connectivity index (χ1v) is 6.84. The number of nitrogens with two attached hydrogens (primary N) is 1. The largest absolute Gasteiger partial charge is 0.391 e. The third-order valence-electron chi connectivity index (χ3n) is 3.71. The molecule has 1 fully saturated rings. The number of amides is 2. The predicted molar refractivity (Wildman–Crippen MR) is 75.1 cm³/mol. The molecule has 1 aromatic rings. The minimum absolute atomic E-state index is 0.0542. The van der Waals surface area contributed by atoms with E-state index in [0.717, 1.165) is 5.69 Å². The fourth-order valence-electron chi connectivity index (χ4n) is 2.59. The first-order chi connectivity index (χ1) is 9.84. The number of urea groups is 1. The Bertz CT molecular complexity index is 479. The van der Waals surface area contributed by atoms with E-state index in [1.54, 1.807) is 24.3 Å². The van der Waals surface area contributed by atoms with Gasteiger partial charge in [0, 0.05) is 17.4 Å². The van der Waals surface area contributed by atoms with Crippen molar-refractivity contribution in [1.29, 1.82) is 0 Å². The molecule has 2 rings (SSSR count). The topological polar surface area (TPSA) is 67.2 Å². The van der Waals surface area contributed by atoms with Gasteiger partial charge in [-0.25, -0.2) is 4.79 Å². The molecule has 116 valence electrons. The van der Waals surface area contributed by atoms with E-state index in [0.29, 0.717) is 18.5 Å². The third kappa shape index (κ3) is 4.54. The molecular formula is C14H18F3N3O. The van der Waals surface area contributed by atoms with Crippen LogP contribution in [0.5, 0.6) is 0 Å². The van der Waals surface area contributed by atoms with Crippen LogP contribution in [0, 0.1) is 5.92 Å². The van der Waals surface area contributed by atoms with Gasteiger partial charge in [-0.05, 0) is 49.9 Å². The Morgan fingerprint density at radius 1 is 1.05 bits per heavy atom. The maximum atomic E-state index is 12.6. The summed E-state index contributed by atoms with van der Waals surface area (Å²) in [6.07, 6.45) is -2.73. The highest BCUT2D eigenvalue weighted by Gasteiger charge is 2.41. The number of nitrogens with one attached hydrogen (secondary N) is 2. The summed E-state index contributed by atoms with van der Waals surface area (Å²) in [4.78, 5) is 10.7. The van der Waals surface area contributed by atoms with Crippen LogP contribution in [0.3, 0.4) is 0 Å². The molecular weight excluding hydrogens is 283 g/mol. The molecule has 0 aromatic heterocycles. The number of benzene rings is 1. The van der Waals surface area contributed by atoms with E-state index in [2.05, 4.69) is 10.6 Å². The van der Waals surface area contributed by atoms with Gasteiger partial charge in [0.15, 0.2) is 0 Å². The smallest absolute Gasteiger partial charge is 0.382 e. The molecule has 1 saturated carbocycles. The first kappa shape index (κ1) is 15.5. The normalized spacial score (nSPS) is 22.6.